The molecule has 1 N–H and O–H groups in total. The molecule has 0 unspecified atom stereocenters. The van der Waals surface area contributed by atoms with Crippen LogP contribution in [0, 0.1) is 12.8 Å². The zero-order valence-corrected chi connectivity index (χ0v) is 16.5. The molecule has 150 valence electrons. The first-order chi connectivity index (χ1) is 13.2. The fraction of sp³-hybridized carbons (Fsp3) is 0.850. The lowest BCUT2D eigenvalue weighted by molar-refractivity contribution is -0.00605. The molecule has 3 fully saturated rings. The Morgan fingerprint density at radius 2 is 1.81 bits per heavy atom. The Kier molecular flexibility index (Phi) is 6.08. The first-order valence-electron chi connectivity index (χ1n) is 10.8. The lowest BCUT2D eigenvalue weighted by Crippen LogP contribution is -2.41. The van der Waals surface area contributed by atoms with Crippen LogP contribution in [-0.2, 0) is 4.74 Å². The molecule has 1 saturated carbocycles. The number of likely N-dealkylation sites (tertiary alicyclic amines) is 1. The summed E-state index contributed by atoms with van der Waals surface area (Å²) >= 11 is 0. The predicted octanol–water partition coefficient (Wildman–Crippen LogP) is 2.32. The SMILES string of the molecule is Cc1c(C(=O)N2CCC(OCC3CCCC3)CC2)nnn1C1CCNCC1. The van der Waals surface area contributed by atoms with Crippen molar-refractivity contribution in [2.24, 2.45) is 5.92 Å². The maximum absolute atomic E-state index is 12.9. The van der Waals surface area contributed by atoms with Gasteiger partial charge in [-0.15, -0.1) is 5.10 Å². The minimum Gasteiger partial charge on any atom is -0.378 e. The quantitative estimate of drug-likeness (QED) is 0.855. The van der Waals surface area contributed by atoms with Crippen LogP contribution in [0.2, 0.25) is 0 Å². The van der Waals surface area contributed by atoms with E-state index in [1.165, 1.54) is 25.7 Å². The summed E-state index contributed by atoms with van der Waals surface area (Å²) < 4.78 is 8.10. The number of rotatable bonds is 5. The molecule has 1 aromatic heterocycles. The van der Waals surface area contributed by atoms with Gasteiger partial charge in [0.25, 0.3) is 5.91 Å². The molecule has 2 aliphatic heterocycles. The molecule has 2 saturated heterocycles. The number of carbonyl (C=O) groups is 1. The van der Waals surface area contributed by atoms with E-state index in [2.05, 4.69) is 15.6 Å². The molecule has 7 heteroatoms. The summed E-state index contributed by atoms with van der Waals surface area (Å²) in [5, 5.41) is 11.9. The monoisotopic (exact) mass is 375 g/mol. The molecule has 4 rings (SSSR count). The minimum absolute atomic E-state index is 0.0296. The fourth-order valence-corrected chi connectivity index (χ4v) is 4.76. The number of nitrogens with zero attached hydrogens (tertiary/aromatic N) is 4. The van der Waals surface area contributed by atoms with Crippen molar-refractivity contribution in [2.75, 3.05) is 32.8 Å². The van der Waals surface area contributed by atoms with Crippen molar-refractivity contribution in [3.05, 3.63) is 11.4 Å². The molecule has 1 amide bonds. The number of aromatic nitrogens is 3. The molecule has 0 spiro atoms. The van der Waals surface area contributed by atoms with Gasteiger partial charge in [-0.05, 0) is 64.5 Å². The van der Waals surface area contributed by atoms with Crippen LogP contribution in [-0.4, -0.2) is 64.7 Å². The summed E-state index contributed by atoms with van der Waals surface area (Å²) in [4.78, 5) is 14.9. The third-order valence-corrected chi connectivity index (χ3v) is 6.56. The second kappa shape index (κ2) is 8.69. The Bertz CT molecular complexity index is 626. The van der Waals surface area contributed by atoms with Crippen molar-refractivity contribution in [2.45, 2.75) is 70.4 Å². The number of ether oxygens (including phenoxy) is 1. The maximum atomic E-state index is 12.9. The number of piperidine rings is 2. The Morgan fingerprint density at radius 1 is 1.11 bits per heavy atom. The molecule has 3 heterocycles. The van der Waals surface area contributed by atoms with Gasteiger partial charge in [-0.3, -0.25) is 4.79 Å². The predicted molar refractivity (Wildman–Crippen MR) is 103 cm³/mol. The van der Waals surface area contributed by atoms with Crippen molar-refractivity contribution in [3.63, 3.8) is 0 Å². The number of hydrogen-bond acceptors (Lipinski definition) is 5. The zero-order valence-electron chi connectivity index (χ0n) is 16.5. The van der Waals surface area contributed by atoms with Crippen LogP contribution in [0.3, 0.4) is 0 Å². The van der Waals surface area contributed by atoms with E-state index in [-0.39, 0.29) is 5.91 Å². The molecule has 7 nitrogen and oxygen atoms in total. The van der Waals surface area contributed by atoms with Crippen LogP contribution in [0.15, 0.2) is 0 Å². The van der Waals surface area contributed by atoms with Crippen molar-refractivity contribution >= 4 is 5.91 Å². The molecule has 1 aromatic rings. The second-order valence-corrected chi connectivity index (χ2v) is 8.42. The standard InChI is InChI=1S/C20H33N5O2/c1-15-19(22-23-25(15)17-6-10-21-11-7-17)20(26)24-12-8-18(9-13-24)27-14-16-4-2-3-5-16/h16-18,21H,2-14H2,1H3. The molecule has 0 bridgehead atoms. The molecule has 0 radical (unpaired) electrons. The summed E-state index contributed by atoms with van der Waals surface area (Å²) in [6.07, 6.45) is 9.62. The van der Waals surface area contributed by atoms with Gasteiger partial charge in [0.2, 0.25) is 0 Å². The van der Waals surface area contributed by atoms with Crippen molar-refractivity contribution < 1.29 is 9.53 Å². The molecule has 0 atom stereocenters. The average molecular weight is 376 g/mol. The van der Waals surface area contributed by atoms with Crippen molar-refractivity contribution in [1.82, 2.24) is 25.2 Å². The highest BCUT2D eigenvalue weighted by molar-refractivity contribution is 5.93. The van der Waals surface area contributed by atoms with Gasteiger partial charge in [-0.1, -0.05) is 18.1 Å². The van der Waals surface area contributed by atoms with Crippen LogP contribution < -0.4 is 5.32 Å². The van der Waals surface area contributed by atoms with Crippen LogP contribution in [0.4, 0.5) is 0 Å². The van der Waals surface area contributed by atoms with Crippen LogP contribution in [0.5, 0.6) is 0 Å². The van der Waals surface area contributed by atoms with E-state index in [0.717, 1.165) is 70.1 Å². The highest BCUT2D eigenvalue weighted by Gasteiger charge is 2.29. The number of carbonyl (C=O) groups excluding carboxylic acids is 1. The molecular weight excluding hydrogens is 342 g/mol. The van der Waals surface area contributed by atoms with Gasteiger partial charge in [0, 0.05) is 19.7 Å². The molecule has 0 aromatic carbocycles. The van der Waals surface area contributed by atoms with Gasteiger partial charge < -0.3 is 15.0 Å². The Balaban J connectivity index is 1.29. The summed E-state index contributed by atoms with van der Waals surface area (Å²) in [7, 11) is 0. The van der Waals surface area contributed by atoms with Gasteiger partial charge >= 0.3 is 0 Å². The van der Waals surface area contributed by atoms with E-state index in [1.54, 1.807) is 0 Å². The molecule has 3 aliphatic rings. The summed E-state index contributed by atoms with van der Waals surface area (Å²) in [6.45, 7) is 6.40. The van der Waals surface area contributed by atoms with E-state index in [0.29, 0.717) is 17.8 Å². The maximum Gasteiger partial charge on any atom is 0.276 e. The lowest BCUT2D eigenvalue weighted by atomic mass is 10.1. The van der Waals surface area contributed by atoms with Crippen LogP contribution in [0.1, 0.15) is 73.6 Å². The first kappa shape index (κ1) is 18.9. The topological polar surface area (TPSA) is 72.3 Å². The molecule has 27 heavy (non-hydrogen) atoms. The van der Waals surface area contributed by atoms with Gasteiger partial charge in [-0.2, -0.15) is 0 Å². The highest BCUT2D eigenvalue weighted by Crippen LogP contribution is 2.27. The highest BCUT2D eigenvalue weighted by atomic mass is 16.5. The lowest BCUT2D eigenvalue weighted by Gasteiger charge is -2.32. The third kappa shape index (κ3) is 4.35. The van der Waals surface area contributed by atoms with Gasteiger partial charge in [0.15, 0.2) is 5.69 Å². The van der Waals surface area contributed by atoms with Gasteiger partial charge in [0.05, 0.1) is 17.8 Å². The van der Waals surface area contributed by atoms with E-state index in [9.17, 15) is 4.79 Å². The van der Waals surface area contributed by atoms with E-state index in [1.807, 2.05) is 16.5 Å². The second-order valence-electron chi connectivity index (χ2n) is 8.42. The Labute approximate surface area is 161 Å². The van der Waals surface area contributed by atoms with Crippen molar-refractivity contribution in [1.29, 1.82) is 0 Å². The number of nitrogens with one attached hydrogen (secondary N) is 1. The number of amides is 1. The van der Waals surface area contributed by atoms with E-state index < -0.39 is 0 Å². The van der Waals surface area contributed by atoms with E-state index >= 15 is 0 Å². The fourth-order valence-electron chi connectivity index (χ4n) is 4.76. The zero-order chi connectivity index (χ0) is 18.6. The van der Waals surface area contributed by atoms with Crippen LogP contribution in [0.25, 0.3) is 0 Å². The van der Waals surface area contributed by atoms with E-state index in [4.69, 9.17) is 4.74 Å². The smallest absolute Gasteiger partial charge is 0.276 e. The van der Waals surface area contributed by atoms with Crippen LogP contribution >= 0.6 is 0 Å². The Hall–Kier alpha value is -1.47. The minimum atomic E-state index is 0.0296. The third-order valence-electron chi connectivity index (χ3n) is 6.56. The van der Waals surface area contributed by atoms with Gasteiger partial charge in [0.1, 0.15) is 0 Å². The first-order valence-corrected chi connectivity index (χ1v) is 10.8. The van der Waals surface area contributed by atoms with Gasteiger partial charge in [-0.25, -0.2) is 4.68 Å². The summed E-state index contributed by atoms with van der Waals surface area (Å²) in [5.74, 6) is 0.791. The molecule has 1 aliphatic carbocycles. The Morgan fingerprint density at radius 3 is 2.52 bits per heavy atom. The summed E-state index contributed by atoms with van der Waals surface area (Å²) in [5.41, 5.74) is 1.44. The molecular formula is C20H33N5O2. The number of hydrogen-bond donors (Lipinski definition) is 1. The van der Waals surface area contributed by atoms with Crippen molar-refractivity contribution in [3.8, 4) is 0 Å². The summed E-state index contributed by atoms with van der Waals surface area (Å²) in [6, 6.07) is 0.357. The average Bonchev–Trinajstić information content (AvgIpc) is 3.37. The largest absolute Gasteiger partial charge is 0.378 e. The normalized spacial score (nSPS) is 23.2.